The molecule has 88 valence electrons. The molecule has 0 spiro atoms. The standard InChI is InChI=1S/Ca.2Na.2H2O5S2/c;;;2*1-6(2)7(3,4)5/h;;;2*(H,1,2)(H,3,4,5)/q+2;2*+1;;/p-4. The molecule has 0 N–H and O–H groups in total. The van der Waals surface area contributed by atoms with Crippen LogP contribution in [0.5, 0.6) is 0 Å². The van der Waals surface area contributed by atoms with E-state index in [1.807, 2.05) is 0 Å². The molecule has 0 aromatic carbocycles. The van der Waals surface area contributed by atoms with E-state index < -0.39 is 38.5 Å². The Bertz CT molecular complexity index is 377. The fraction of sp³-hybridized carbons (Fsp3) is 0. The summed E-state index contributed by atoms with van der Waals surface area (Å²) in [5.74, 6) is 0. The number of hydrogen-bond donors (Lipinski definition) is 0. The largest absolute Gasteiger partial charge is 2.00 e. The van der Waals surface area contributed by atoms with Gasteiger partial charge in [0.1, 0.15) is 0 Å². The molecule has 0 rings (SSSR count). The van der Waals surface area contributed by atoms with Crippen molar-refractivity contribution < 1.29 is 103 Å². The fourth-order valence-corrected chi connectivity index (χ4v) is 0. The summed E-state index contributed by atoms with van der Waals surface area (Å²) in [6.45, 7) is 0. The summed E-state index contributed by atoms with van der Waals surface area (Å²) in [6, 6.07) is 0. The molecule has 0 saturated heterocycles. The monoisotopic (exact) mass is 374 g/mol. The summed E-state index contributed by atoms with van der Waals surface area (Å²) in [5.41, 5.74) is 0. The molecule has 0 aliphatic rings. The van der Waals surface area contributed by atoms with Gasteiger partial charge in [-0.05, 0) is 0 Å². The Hall–Kier alpha value is 3.30. The van der Waals surface area contributed by atoms with Crippen LogP contribution in [0.15, 0.2) is 0 Å². The molecule has 0 aliphatic carbocycles. The minimum absolute atomic E-state index is 0. The van der Waals surface area contributed by atoms with E-state index in [2.05, 4.69) is 0 Å². The van der Waals surface area contributed by atoms with E-state index >= 15 is 0 Å². The van der Waals surface area contributed by atoms with Crippen LogP contribution in [-0.4, -0.2) is 81.2 Å². The summed E-state index contributed by atoms with van der Waals surface area (Å²) in [7, 11) is -17.2. The first-order valence-electron chi connectivity index (χ1n) is 2.00. The first-order valence-corrected chi connectivity index (χ1v) is 8.00. The quantitative estimate of drug-likeness (QED) is 0.194. The van der Waals surface area contributed by atoms with E-state index in [4.69, 9.17) is 43.5 Å². The Kier molecular flexibility index (Phi) is 27.1. The van der Waals surface area contributed by atoms with E-state index in [-0.39, 0.29) is 96.9 Å². The van der Waals surface area contributed by atoms with E-state index in [0.29, 0.717) is 0 Å². The molecule has 0 aromatic rings. The van der Waals surface area contributed by atoms with Crippen molar-refractivity contribution in [3.05, 3.63) is 0 Å². The molecule has 0 aliphatic heterocycles. The molecular formula is CaNa2O10S4. The normalized spacial score (nSPS) is 13.4. The van der Waals surface area contributed by atoms with Crippen LogP contribution in [0.4, 0.5) is 0 Å². The average Bonchev–Trinajstić information content (AvgIpc) is 1.83. The van der Waals surface area contributed by atoms with Gasteiger partial charge >= 0.3 is 96.9 Å². The van der Waals surface area contributed by atoms with Crippen molar-refractivity contribution in [2.75, 3.05) is 0 Å². The van der Waals surface area contributed by atoms with Crippen LogP contribution in [0.2, 0.25) is 0 Å². The predicted octanol–water partition coefficient (Wildman–Crippen LogP) is -9.72. The third-order valence-electron chi connectivity index (χ3n) is 0.333. The van der Waals surface area contributed by atoms with Gasteiger partial charge in [-0.1, -0.05) is 0 Å². The zero-order valence-electron chi connectivity index (χ0n) is 8.42. The van der Waals surface area contributed by atoms with Crippen molar-refractivity contribution in [1.29, 1.82) is 0 Å². The van der Waals surface area contributed by atoms with Crippen molar-refractivity contribution in [3.8, 4) is 0 Å². The average molecular weight is 374 g/mol. The minimum atomic E-state index is -5.07. The molecule has 0 radical (unpaired) electrons. The second-order valence-corrected chi connectivity index (χ2v) is 7.76. The van der Waals surface area contributed by atoms with Crippen LogP contribution in [-0.2, 0) is 38.5 Å². The van der Waals surface area contributed by atoms with E-state index in [1.165, 1.54) is 0 Å². The molecule has 2 atom stereocenters. The molecule has 2 unspecified atom stereocenters. The number of hydrogen-bond acceptors (Lipinski definition) is 10. The summed E-state index contributed by atoms with van der Waals surface area (Å²) in [4.78, 5) is 0. The maximum Gasteiger partial charge on any atom is 2.00 e. The maximum atomic E-state index is 9.16. The van der Waals surface area contributed by atoms with Gasteiger partial charge in [0.2, 0.25) is 0 Å². The van der Waals surface area contributed by atoms with Gasteiger partial charge in [-0.15, -0.1) is 0 Å². The van der Waals surface area contributed by atoms with Gasteiger partial charge in [-0.3, -0.25) is 8.42 Å². The van der Waals surface area contributed by atoms with Crippen molar-refractivity contribution in [2.24, 2.45) is 0 Å². The second kappa shape index (κ2) is 14.2. The molecule has 0 bridgehead atoms. The van der Waals surface area contributed by atoms with Crippen LogP contribution in [0, 0.1) is 0 Å². The van der Waals surface area contributed by atoms with Crippen LogP contribution in [0.1, 0.15) is 0 Å². The Morgan fingerprint density at radius 2 is 0.765 bits per heavy atom. The molecule has 10 nitrogen and oxygen atoms in total. The summed E-state index contributed by atoms with van der Waals surface area (Å²) in [5, 5.41) is 0. The van der Waals surface area contributed by atoms with Gasteiger partial charge in [0.15, 0.2) is 18.3 Å². The molecule has 17 heavy (non-hydrogen) atoms. The molecule has 17 heteroatoms. The summed E-state index contributed by atoms with van der Waals surface area (Å²) in [6.07, 6.45) is 0. The molecule has 0 heterocycles. The Balaban J connectivity index is -0.0000000480. The van der Waals surface area contributed by atoms with Crippen LogP contribution >= 0.6 is 0 Å². The zero-order valence-corrected chi connectivity index (χ0v) is 17.9. The van der Waals surface area contributed by atoms with Gasteiger partial charge < -0.3 is 18.2 Å². The first-order chi connectivity index (χ1) is 5.89. The van der Waals surface area contributed by atoms with Crippen molar-refractivity contribution in [3.63, 3.8) is 0 Å². The third kappa shape index (κ3) is 24.7. The van der Waals surface area contributed by atoms with Crippen molar-refractivity contribution >= 4 is 76.3 Å². The number of rotatable bonds is 2. The van der Waals surface area contributed by atoms with Gasteiger partial charge in [-0.25, -0.2) is 16.8 Å². The Morgan fingerprint density at radius 1 is 0.706 bits per heavy atom. The van der Waals surface area contributed by atoms with Crippen LogP contribution in [0.3, 0.4) is 0 Å². The van der Waals surface area contributed by atoms with Crippen molar-refractivity contribution in [2.45, 2.75) is 0 Å². The van der Waals surface area contributed by atoms with Gasteiger partial charge in [-0.2, -0.15) is 0 Å². The van der Waals surface area contributed by atoms with Crippen LogP contribution in [0.25, 0.3) is 0 Å². The predicted molar refractivity (Wildman–Crippen MR) is 43.0 cm³/mol. The van der Waals surface area contributed by atoms with E-state index in [0.717, 1.165) is 0 Å². The van der Waals surface area contributed by atoms with Gasteiger partial charge in [0, 0.05) is 0 Å². The zero-order chi connectivity index (χ0) is 12.2. The third-order valence-corrected chi connectivity index (χ3v) is 3.00. The molecule has 0 aromatic heterocycles. The van der Waals surface area contributed by atoms with Gasteiger partial charge in [0.25, 0.3) is 0 Å². The SMILES string of the molecule is O=S([O-])S(=O)(=O)[O-].O=S([O-])S(=O)(=O)[O-].[Ca+2].[Na+].[Na+]. The molecule has 0 saturated carbocycles. The second-order valence-electron chi connectivity index (χ2n) is 1.22. The fourth-order valence-electron chi connectivity index (χ4n) is 0. The Labute approximate surface area is 175 Å². The van der Waals surface area contributed by atoms with Gasteiger partial charge in [0.05, 0.1) is 20.2 Å². The maximum absolute atomic E-state index is 9.16. The first kappa shape index (κ1) is 32.3. The smallest absolute Gasteiger partial charge is 0.761 e. The molecular weight excluding hydrogens is 374 g/mol. The minimum Gasteiger partial charge on any atom is -0.761 e. The molecule has 0 fully saturated rings. The van der Waals surface area contributed by atoms with E-state index in [1.54, 1.807) is 0 Å². The van der Waals surface area contributed by atoms with Crippen molar-refractivity contribution in [1.82, 2.24) is 0 Å². The van der Waals surface area contributed by atoms with E-state index in [9.17, 15) is 0 Å². The summed E-state index contributed by atoms with van der Waals surface area (Å²) >= 11 is 0. The molecule has 0 amide bonds. The Morgan fingerprint density at radius 3 is 0.765 bits per heavy atom. The van der Waals surface area contributed by atoms with Crippen LogP contribution < -0.4 is 59.1 Å². The summed E-state index contributed by atoms with van der Waals surface area (Å²) < 4.78 is 91.5. The topological polar surface area (TPSA) is 195 Å².